The summed E-state index contributed by atoms with van der Waals surface area (Å²) in [6.45, 7) is 1.96. The smallest absolute Gasteiger partial charge is 0.322 e. The predicted octanol–water partition coefficient (Wildman–Crippen LogP) is 2.91. The van der Waals surface area contributed by atoms with Crippen LogP contribution in [0.5, 0.6) is 0 Å². The van der Waals surface area contributed by atoms with Crippen LogP contribution >= 0.6 is 15.9 Å². The van der Waals surface area contributed by atoms with Gasteiger partial charge in [0.2, 0.25) is 0 Å². The quantitative estimate of drug-likeness (QED) is 0.849. The lowest BCUT2D eigenvalue weighted by molar-refractivity contribution is -0.142. The van der Waals surface area contributed by atoms with Gasteiger partial charge in [-0.2, -0.15) is 0 Å². The number of carboxylic acids is 1. The largest absolute Gasteiger partial charge is 0.481 e. The maximum Gasteiger partial charge on any atom is 0.322 e. The zero-order valence-corrected chi connectivity index (χ0v) is 12.7. The lowest BCUT2D eigenvalue weighted by atomic mass is 9.99. The number of carbonyl (C=O) groups is 2. The number of amides is 2. The minimum absolute atomic E-state index is 0.0160. The van der Waals surface area contributed by atoms with Gasteiger partial charge in [-0.3, -0.25) is 4.79 Å². The van der Waals surface area contributed by atoms with E-state index in [0.29, 0.717) is 0 Å². The van der Waals surface area contributed by atoms with Gasteiger partial charge < -0.3 is 15.3 Å². The van der Waals surface area contributed by atoms with Crippen LogP contribution in [0, 0.1) is 23.5 Å². The van der Waals surface area contributed by atoms with Crippen LogP contribution in [0.1, 0.15) is 6.92 Å². The second-order valence-electron chi connectivity index (χ2n) is 5.00. The average Bonchev–Trinajstić information content (AvgIpc) is 2.75. The molecule has 2 rings (SSSR count). The Morgan fingerprint density at radius 1 is 1.33 bits per heavy atom. The lowest BCUT2D eigenvalue weighted by Gasteiger charge is -2.17. The van der Waals surface area contributed by atoms with Crippen molar-refractivity contribution in [3.8, 4) is 0 Å². The van der Waals surface area contributed by atoms with Gasteiger partial charge in [-0.05, 0) is 18.1 Å². The van der Waals surface area contributed by atoms with Crippen molar-refractivity contribution in [3.05, 3.63) is 28.2 Å². The number of rotatable bonds is 2. The molecule has 5 nitrogen and oxygen atoms in total. The molecule has 0 bridgehead atoms. The van der Waals surface area contributed by atoms with Crippen molar-refractivity contribution < 1.29 is 23.5 Å². The summed E-state index contributed by atoms with van der Waals surface area (Å²) in [5.74, 6) is -3.68. The Labute approximate surface area is 128 Å². The van der Waals surface area contributed by atoms with E-state index in [1.807, 2.05) is 0 Å². The summed E-state index contributed by atoms with van der Waals surface area (Å²) in [4.78, 5) is 24.2. The van der Waals surface area contributed by atoms with Crippen molar-refractivity contribution in [2.45, 2.75) is 6.92 Å². The Kier molecular flexibility index (Phi) is 4.46. The van der Waals surface area contributed by atoms with Crippen molar-refractivity contribution in [2.24, 2.45) is 11.8 Å². The average molecular weight is 363 g/mol. The number of anilines is 1. The molecule has 114 valence electrons. The standard InChI is InChI=1S/C13H13BrF2N2O3/c1-6-4-18(5-8(6)12(19)20)13(21)17-11-9(15)2-7(14)3-10(11)16/h2-3,6,8H,4-5H2,1H3,(H,17,21)(H,19,20). The van der Waals surface area contributed by atoms with E-state index in [4.69, 9.17) is 5.11 Å². The fraction of sp³-hybridized carbons (Fsp3) is 0.385. The summed E-state index contributed by atoms with van der Waals surface area (Å²) in [6, 6.07) is 1.35. The fourth-order valence-corrected chi connectivity index (χ4v) is 2.70. The van der Waals surface area contributed by atoms with Gasteiger partial charge in [-0.25, -0.2) is 13.6 Å². The van der Waals surface area contributed by atoms with Crippen molar-refractivity contribution in [3.63, 3.8) is 0 Å². The van der Waals surface area contributed by atoms with Crippen LogP contribution in [0.4, 0.5) is 19.3 Å². The Balaban J connectivity index is 2.11. The van der Waals surface area contributed by atoms with Gasteiger partial charge in [0.25, 0.3) is 0 Å². The number of hydrogen-bond donors (Lipinski definition) is 2. The van der Waals surface area contributed by atoms with Gasteiger partial charge in [-0.15, -0.1) is 0 Å². The minimum atomic E-state index is -0.987. The van der Waals surface area contributed by atoms with E-state index >= 15 is 0 Å². The maximum atomic E-state index is 13.6. The molecule has 2 atom stereocenters. The van der Waals surface area contributed by atoms with Crippen molar-refractivity contribution in [1.82, 2.24) is 4.90 Å². The molecule has 1 fully saturated rings. The number of halogens is 3. The number of nitrogens with one attached hydrogen (secondary N) is 1. The SMILES string of the molecule is CC1CN(C(=O)Nc2c(F)cc(Br)cc2F)CC1C(=O)O. The van der Waals surface area contributed by atoms with Gasteiger partial charge in [0, 0.05) is 17.6 Å². The highest BCUT2D eigenvalue weighted by Crippen LogP contribution is 2.26. The first-order valence-electron chi connectivity index (χ1n) is 6.23. The van der Waals surface area contributed by atoms with E-state index in [-0.39, 0.29) is 23.5 Å². The molecule has 1 saturated heterocycles. The number of benzene rings is 1. The molecule has 1 aromatic carbocycles. The minimum Gasteiger partial charge on any atom is -0.481 e. The third kappa shape index (κ3) is 3.31. The van der Waals surface area contributed by atoms with Crippen LogP contribution in [0.2, 0.25) is 0 Å². The van der Waals surface area contributed by atoms with E-state index in [9.17, 15) is 18.4 Å². The van der Waals surface area contributed by atoms with Crippen LogP contribution < -0.4 is 5.32 Å². The molecule has 2 N–H and O–H groups in total. The number of likely N-dealkylation sites (tertiary alicyclic amines) is 1. The predicted molar refractivity (Wildman–Crippen MR) is 74.9 cm³/mol. The Bertz CT molecular complexity index is 574. The number of hydrogen-bond acceptors (Lipinski definition) is 2. The number of carboxylic acid groups (broad SMARTS) is 1. The highest BCUT2D eigenvalue weighted by atomic mass is 79.9. The Morgan fingerprint density at radius 3 is 2.38 bits per heavy atom. The maximum absolute atomic E-state index is 13.6. The molecule has 21 heavy (non-hydrogen) atoms. The van der Waals surface area contributed by atoms with Crippen molar-refractivity contribution >= 4 is 33.6 Å². The van der Waals surface area contributed by atoms with E-state index in [1.54, 1.807) is 6.92 Å². The summed E-state index contributed by atoms with van der Waals surface area (Å²) < 4.78 is 27.5. The molecule has 0 aliphatic carbocycles. The highest BCUT2D eigenvalue weighted by molar-refractivity contribution is 9.10. The molecular weight excluding hydrogens is 350 g/mol. The van der Waals surface area contributed by atoms with Crippen molar-refractivity contribution in [2.75, 3.05) is 18.4 Å². The fourth-order valence-electron chi connectivity index (χ4n) is 2.30. The van der Waals surface area contributed by atoms with Gasteiger partial charge >= 0.3 is 12.0 Å². The van der Waals surface area contributed by atoms with Gasteiger partial charge in [0.1, 0.15) is 5.69 Å². The number of nitrogens with zero attached hydrogens (tertiary/aromatic N) is 1. The third-order valence-corrected chi connectivity index (χ3v) is 3.91. The summed E-state index contributed by atoms with van der Waals surface area (Å²) in [5.41, 5.74) is -0.547. The van der Waals surface area contributed by atoms with Crippen LogP contribution in [-0.4, -0.2) is 35.1 Å². The molecule has 2 amide bonds. The molecule has 1 aliphatic rings. The van der Waals surface area contributed by atoms with E-state index in [2.05, 4.69) is 21.2 Å². The van der Waals surface area contributed by atoms with E-state index in [1.165, 1.54) is 4.90 Å². The number of aliphatic carboxylic acids is 1. The molecule has 1 heterocycles. The summed E-state index contributed by atoms with van der Waals surface area (Å²) in [5, 5.41) is 11.2. The van der Waals surface area contributed by atoms with E-state index in [0.717, 1.165) is 12.1 Å². The first-order valence-corrected chi connectivity index (χ1v) is 7.02. The zero-order chi connectivity index (χ0) is 15.7. The first-order chi connectivity index (χ1) is 9.79. The summed E-state index contributed by atoms with van der Waals surface area (Å²) in [6.07, 6.45) is 0. The number of carbonyl (C=O) groups excluding carboxylic acids is 1. The third-order valence-electron chi connectivity index (χ3n) is 3.46. The molecule has 0 spiro atoms. The molecular formula is C13H13BrF2N2O3. The normalized spacial score (nSPS) is 21.4. The molecule has 0 aromatic heterocycles. The molecule has 2 unspecified atom stereocenters. The second kappa shape index (κ2) is 5.97. The van der Waals surface area contributed by atoms with Gasteiger partial charge in [0.15, 0.2) is 11.6 Å². The summed E-state index contributed by atoms with van der Waals surface area (Å²) in [7, 11) is 0. The monoisotopic (exact) mass is 362 g/mol. The Morgan fingerprint density at radius 2 is 1.90 bits per heavy atom. The highest BCUT2D eigenvalue weighted by Gasteiger charge is 2.37. The Hall–Kier alpha value is -1.70. The first kappa shape index (κ1) is 15.7. The molecule has 0 radical (unpaired) electrons. The topological polar surface area (TPSA) is 69.6 Å². The molecule has 1 aromatic rings. The van der Waals surface area contributed by atoms with E-state index < -0.39 is 35.2 Å². The van der Waals surface area contributed by atoms with Crippen LogP contribution in [0.15, 0.2) is 16.6 Å². The lowest BCUT2D eigenvalue weighted by Crippen LogP contribution is -2.34. The molecule has 1 aliphatic heterocycles. The molecule has 8 heteroatoms. The van der Waals surface area contributed by atoms with Crippen LogP contribution in [0.25, 0.3) is 0 Å². The van der Waals surface area contributed by atoms with Crippen LogP contribution in [-0.2, 0) is 4.79 Å². The second-order valence-corrected chi connectivity index (χ2v) is 5.92. The van der Waals surface area contributed by atoms with Crippen molar-refractivity contribution in [1.29, 1.82) is 0 Å². The van der Waals surface area contributed by atoms with Crippen LogP contribution in [0.3, 0.4) is 0 Å². The number of urea groups is 1. The van der Waals surface area contributed by atoms with Gasteiger partial charge in [0.05, 0.1) is 5.92 Å². The zero-order valence-electron chi connectivity index (χ0n) is 11.1. The summed E-state index contributed by atoms with van der Waals surface area (Å²) >= 11 is 2.94. The molecule has 0 saturated carbocycles. The van der Waals surface area contributed by atoms with Gasteiger partial charge in [-0.1, -0.05) is 22.9 Å².